The minimum Gasteiger partial charge on any atom is -0.507 e. The van der Waals surface area contributed by atoms with Crippen LogP contribution in [-0.2, 0) is 17.6 Å². The number of nitrogens with two attached hydrogens (primary N) is 1. The molecule has 7 heteroatoms. The molecule has 0 saturated carbocycles. The van der Waals surface area contributed by atoms with Crippen LogP contribution < -0.4 is 5.73 Å². The minimum atomic E-state index is -1.26. The fourth-order valence-electron chi connectivity index (χ4n) is 3.27. The SMILES string of the molecule is N[C@]1(C(=O)O)CCc2[nH]c3nnc(-c4ccccc4O)cc3c2C1. The Bertz CT molecular complexity index is 966. The van der Waals surface area contributed by atoms with Gasteiger partial charge in [-0.15, -0.1) is 10.2 Å². The van der Waals surface area contributed by atoms with E-state index in [-0.39, 0.29) is 12.2 Å². The largest absolute Gasteiger partial charge is 0.507 e. The third-order valence-corrected chi connectivity index (χ3v) is 4.67. The van der Waals surface area contributed by atoms with Gasteiger partial charge in [0, 0.05) is 23.1 Å². The molecular weight excluding hydrogens is 308 g/mol. The fraction of sp³-hybridized carbons (Fsp3) is 0.235. The van der Waals surface area contributed by atoms with Crippen LogP contribution in [0, 0.1) is 0 Å². The Morgan fingerprint density at radius 3 is 2.83 bits per heavy atom. The van der Waals surface area contributed by atoms with Gasteiger partial charge in [-0.05, 0) is 36.6 Å². The van der Waals surface area contributed by atoms with Gasteiger partial charge in [0.05, 0.1) is 5.69 Å². The van der Waals surface area contributed by atoms with Crippen LogP contribution >= 0.6 is 0 Å². The van der Waals surface area contributed by atoms with Gasteiger partial charge in [-0.25, -0.2) is 0 Å². The molecule has 0 fully saturated rings. The Morgan fingerprint density at radius 2 is 2.08 bits per heavy atom. The van der Waals surface area contributed by atoms with Gasteiger partial charge in [0.1, 0.15) is 11.3 Å². The van der Waals surface area contributed by atoms with Crippen molar-refractivity contribution in [2.75, 3.05) is 0 Å². The Kier molecular flexibility index (Phi) is 3.07. The molecule has 0 amide bonds. The molecule has 4 rings (SSSR count). The number of fused-ring (bicyclic) bond motifs is 3. The summed E-state index contributed by atoms with van der Waals surface area (Å²) in [5.74, 6) is -0.875. The van der Waals surface area contributed by atoms with E-state index in [4.69, 9.17) is 5.73 Å². The van der Waals surface area contributed by atoms with Crippen LogP contribution in [0.2, 0.25) is 0 Å². The van der Waals surface area contributed by atoms with Crippen LogP contribution in [0.1, 0.15) is 17.7 Å². The molecule has 24 heavy (non-hydrogen) atoms. The third-order valence-electron chi connectivity index (χ3n) is 4.67. The molecule has 0 radical (unpaired) electrons. The number of phenols is 1. The van der Waals surface area contributed by atoms with E-state index in [0.717, 1.165) is 16.6 Å². The van der Waals surface area contributed by atoms with Gasteiger partial charge in [0.2, 0.25) is 0 Å². The molecule has 122 valence electrons. The van der Waals surface area contributed by atoms with Crippen molar-refractivity contribution in [1.29, 1.82) is 0 Å². The van der Waals surface area contributed by atoms with Crippen molar-refractivity contribution in [1.82, 2.24) is 15.2 Å². The summed E-state index contributed by atoms with van der Waals surface area (Å²) >= 11 is 0. The molecule has 0 unspecified atom stereocenters. The number of phenolic OH excluding ortho intramolecular Hbond substituents is 1. The average molecular weight is 324 g/mol. The standard InChI is InChI=1S/C17H16N4O3/c18-17(16(23)24)6-5-12-11(8-17)10-7-13(20-21-15(10)19-12)9-3-1-2-4-14(9)22/h1-4,7,22H,5-6,8,18H2,(H,19,21)(H,23,24)/t17-/m1/s1. The number of nitrogens with one attached hydrogen (secondary N) is 1. The van der Waals surface area contributed by atoms with Crippen LogP contribution in [0.15, 0.2) is 30.3 Å². The molecule has 3 aromatic rings. The van der Waals surface area contributed by atoms with Crippen LogP contribution in [0.3, 0.4) is 0 Å². The number of benzene rings is 1. The molecule has 1 atom stereocenters. The smallest absolute Gasteiger partial charge is 0.324 e. The molecule has 0 aliphatic heterocycles. The Morgan fingerprint density at radius 1 is 1.29 bits per heavy atom. The number of hydrogen-bond acceptors (Lipinski definition) is 5. The number of aromatic amines is 1. The minimum absolute atomic E-state index is 0.120. The maximum atomic E-state index is 11.5. The number of aryl methyl sites for hydroxylation is 1. The summed E-state index contributed by atoms with van der Waals surface area (Å²) in [5, 5.41) is 28.6. The van der Waals surface area contributed by atoms with Gasteiger partial charge in [-0.3, -0.25) is 4.79 Å². The van der Waals surface area contributed by atoms with Crippen molar-refractivity contribution < 1.29 is 15.0 Å². The lowest BCUT2D eigenvalue weighted by atomic mass is 9.80. The number of nitrogens with zero attached hydrogens (tertiary/aromatic N) is 2. The van der Waals surface area contributed by atoms with Gasteiger partial charge in [0.15, 0.2) is 5.65 Å². The van der Waals surface area contributed by atoms with Crippen molar-refractivity contribution in [2.45, 2.75) is 24.8 Å². The van der Waals surface area contributed by atoms with E-state index >= 15 is 0 Å². The monoisotopic (exact) mass is 324 g/mol. The maximum absolute atomic E-state index is 11.5. The maximum Gasteiger partial charge on any atom is 0.324 e. The van der Waals surface area contributed by atoms with E-state index in [0.29, 0.717) is 29.7 Å². The number of carboxylic acid groups (broad SMARTS) is 1. The topological polar surface area (TPSA) is 125 Å². The summed E-state index contributed by atoms with van der Waals surface area (Å²) in [7, 11) is 0. The first-order valence-electron chi connectivity index (χ1n) is 7.66. The average Bonchev–Trinajstić information content (AvgIpc) is 2.92. The number of H-pyrrole nitrogens is 1. The normalized spacial score (nSPS) is 20.0. The van der Waals surface area contributed by atoms with Crippen molar-refractivity contribution in [3.63, 3.8) is 0 Å². The summed E-state index contributed by atoms with van der Waals surface area (Å²) in [6.45, 7) is 0. The number of aromatic nitrogens is 3. The lowest BCUT2D eigenvalue weighted by Gasteiger charge is -2.29. The summed E-state index contributed by atoms with van der Waals surface area (Å²) in [6, 6.07) is 8.71. The second-order valence-corrected chi connectivity index (χ2v) is 6.23. The molecule has 0 spiro atoms. The van der Waals surface area contributed by atoms with Gasteiger partial charge in [-0.2, -0.15) is 0 Å². The second-order valence-electron chi connectivity index (χ2n) is 6.23. The lowest BCUT2D eigenvalue weighted by Crippen LogP contribution is -2.52. The zero-order chi connectivity index (χ0) is 16.9. The molecule has 1 aliphatic rings. The highest BCUT2D eigenvalue weighted by Crippen LogP contribution is 2.35. The second kappa shape index (κ2) is 5.04. The van der Waals surface area contributed by atoms with Crippen molar-refractivity contribution in [3.8, 4) is 17.0 Å². The summed E-state index contributed by atoms with van der Waals surface area (Å²) in [6.07, 6.45) is 1.17. The first kappa shape index (κ1) is 14.6. The van der Waals surface area contributed by atoms with E-state index < -0.39 is 11.5 Å². The molecule has 1 aliphatic carbocycles. The summed E-state index contributed by atoms with van der Waals surface area (Å²) in [5.41, 5.74) is 8.33. The van der Waals surface area contributed by atoms with Gasteiger partial charge >= 0.3 is 5.97 Å². The summed E-state index contributed by atoms with van der Waals surface area (Å²) in [4.78, 5) is 14.7. The number of carbonyl (C=O) groups is 1. The van der Waals surface area contributed by atoms with Crippen LogP contribution in [-0.4, -0.2) is 36.9 Å². The Hall–Kier alpha value is -2.93. The zero-order valence-corrected chi connectivity index (χ0v) is 12.8. The van der Waals surface area contributed by atoms with E-state index in [2.05, 4.69) is 15.2 Å². The number of aliphatic carboxylic acids is 1. The fourth-order valence-corrected chi connectivity index (χ4v) is 3.27. The highest BCUT2D eigenvalue weighted by molar-refractivity contribution is 5.88. The van der Waals surface area contributed by atoms with Crippen LogP contribution in [0.5, 0.6) is 5.75 Å². The first-order valence-corrected chi connectivity index (χ1v) is 7.66. The zero-order valence-electron chi connectivity index (χ0n) is 12.8. The third kappa shape index (κ3) is 2.13. The number of hydrogen-bond donors (Lipinski definition) is 4. The van der Waals surface area contributed by atoms with E-state index in [1.54, 1.807) is 18.2 Å². The van der Waals surface area contributed by atoms with Crippen molar-refractivity contribution in [2.24, 2.45) is 5.73 Å². The predicted octanol–water partition coefficient (Wildman–Crippen LogP) is 1.60. The highest BCUT2D eigenvalue weighted by Gasteiger charge is 2.39. The quantitative estimate of drug-likeness (QED) is 0.567. The lowest BCUT2D eigenvalue weighted by molar-refractivity contribution is -0.143. The van der Waals surface area contributed by atoms with E-state index in [1.165, 1.54) is 0 Å². The van der Waals surface area contributed by atoms with Gasteiger partial charge < -0.3 is 20.9 Å². The molecule has 5 N–H and O–H groups in total. The van der Waals surface area contributed by atoms with Crippen molar-refractivity contribution in [3.05, 3.63) is 41.6 Å². The Balaban J connectivity index is 1.87. The molecular formula is C17H16N4O3. The van der Waals surface area contributed by atoms with E-state index in [9.17, 15) is 15.0 Å². The molecule has 2 heterocycles. The number of carboxylic acids is 1. The van der Waals surface area contributed by atoms with Gasteiger partial charge in [-0.1, -0.05) is 12.1 Å². The first-order chi connectivity index (χ1) is 11.5. The molecule has 2 aromatic heterocycles. The summed E-state index contributed by atoms with van der Waals surface area (Å²) < 4.78 is 0. The van der Waals surface area contributed by atoms with Gasteiger partial charge in [0.25, 0.3) is 0 Å². The highest BCUT2D eigenvalue weighted by atomic mass is 16.4. The predicted molar refractivity (Wildman–Crippen MR) is 87.6 cm³/mol. The van der Waals surface area contributed by atoms with Crippen LogP contribution in [0.25, 0.3) is 22.3 Å². The molecule has 0 bridgehead atoms. The number of aromatic hydroxyl groups is 1. The molecule has 7 nitrogen and oxygen atoms in total. The number of rotatable bonds is 2. The van der Waals surface area contributed by atoms with Crippen molar-refractivity contribution >= 4 is 17.0 Å². The molecule has 1 aromatic carbocycles. The number of para-hydroxylation sites is 1. The van der Waals surface area contributed by atoms with E-state index in [1.807, 2.05) is 12.1 Å². The Labute approximate surface area is 137 Å². The molecule has 0 saturated heterocycles. The van der Waals surface area contributed by atoms with Crippen LogP contribution in [0.4, 0.5) is 0 Å².